The Balaban J connectivity index is 1.61. The number of aromatic nitrogens is 2. The number of aryl methyl sites for hydroxylation is 1. The van der Waals surface area contributed by atoms with Crippen molar-refractivity contribution in [2.24, 2.45) is 18.9 Å². The monoisotopic (exact) mass is 515 g/mol. The Bertz CT molecular complexity index is 1350. The zero-order chi connectivity index (χ0) is 27.1. The van der Waals surface area contributed by atoms with Gasteiger partial charge in [0.15, 0.2) is 0 Å². The molecule has 3 atom stereocenters. The highest BCUT2D eigenvalue weighted by atomic mass is 16.2. The van der Waals surface area contributed by atoms with Crippen molar-refractivity contribution in [1.82, 2.24) is 24.9 Å². The standard InChI is InChI=1S/C30H37N5O3/c1-6-18(7-2)26-28(36)32-25(22-14-19-10-8-9-11-20(19)15-22)29(37)35(26)27(30(38)33(3)4)21-12-13-24-23(16-21)17-31-34(24)5/h8-13,16-18,22,25-27H,6-7,14-15H2,1-5H3,(H,32,36). The van der Waals surface area contributed by atoms with Crippen LogP contribution >= 0.6 is 0 Å². The summed E-state index contributed by atoms with van der Waals surface area (Å²) in [6.45, 7) is 4.07. The van der Waals surface area contributed by atoms with E-state index in [1.807, 2.05) is 51.2 Å². The van der Waals surface area contributed by atoms with E-state index in [1.54, 1.807) is 29.9 Å². The summed E-state index contributed by atoms with van der Waals surface area (Å²) in [5, 5.41) is 8.34. The summed E-state index contributed by atoms with van der Waals surface area (Å²) in [7, 11) is 5.27. The van der Waals surface area contributed by atoms with Gasteiger partial charge >= 0.3 is 0 Å². The minimum Gasteiger partial charge on any atom is -0.347 e. The van der Waals surface area contributed by atoms with Gasteiger partial charge in [-0.15, -0.1) is 0 Å². The van der Waals surface area contributed by atoms with E-state index >= 15 is 0 Å². The maximum Gasteiger partial charge on any atom is 0.249 e. The second kappa shape index (κ2) is 10.2. The number of rotatable bonds is 7. The number of amides is 3. The van der Waals surface area contributed by atoms with Crippen LogP contribution < -0.4 is 5.32 Å². The first-order valence-electron chi connectivity index (χ1n) is 13.6. The highest BCUT2D eigenvalue weighted by molar-refractivity contribution is 6.00. The molecule has 3 aromatic rings. The molecule has 38 heavy (non-hydrogen) atoms. The fourth-order valence-electron chi connectivity index (χ4n) is 6.36. The van der Waals surface area contributed by atoms with Gasteiger partial charge in [0.1, 0.15) is 18.1 Å². The van der Waals surface area contributed by atoms with E-state index in [9.17, 15) is 14.4 Å². The molecule has 8 nitrogen and oxygen atoms in total. The lowest BCUT2D eigenvalue weighted by Gasteiger charge is -2.47. The molecule has 1 saturated heterocycles. The van der Waals surface area contributed by atoms with Gasteiger partial charge < -0.3 is 15.1 Å². The highest BCUT2D eigenvalue weighted by Crippen LogP contribution is 2.37. The Morgan fingerprint density at radius 3 is 2.34 bits per heavy atom. The number of benzene rings is 2. The van der Waals surface area contributed by atoms with Crippen LogP contribution in [-0.2, 0) is 34.3 Å². The number of hydrogen-bond donors (Lipinski definition) is 1. The summed E-state index contributed by atoms with van der Waals surface area (Å²) in [4.78, 5) is 45.4. The van der Waals surface area contributed by atoms with Gasteiger partial charge in [0.2, 0.25) is 17.7 Å². The second-order valence-corrected chi connectivity index (χ2v) is 10.9. The third kappa shape index (κ3) is 4.36. The SMILES string of the molecule is CCC(CC)C1C(=O)NC(C2Cc3ccccc3C2)C(=O)N1C(C(=O)N(C)C)c1ccc2c(cnn2C)c1. The molecule has 1 aliphatic carbocycles. The van der Waals surface area contributed by atoms with Crippen molar-refractivity contribution in [3.8, 4) is 0 Å². The average Bonchev–Trinajstić information content (AvgIpc) is 3.51. The lowest BCUT2D eigenvalue weighted by molar-refractivity contribution is -0.161. The van der Waals surface area contributed by atoms with Crippen LogP contribution in [0, 0.1) is 11.8 Å². The van der Waals surface area contributed by atoms with Gasteiger partial charge in [0.05, 0.1) is 11.7 Å². The maximum absolute atomic E-state index is 14.5. The van der Waals surface area contributed by atoms with Gasteiger partial charge in [-0.3, -0.25) is 19.1 Å². The predicted molar refractivity (Wildman–Crippen MR) is 146 cm³/mol. The van der Waals surface area contributed by atoms with Gasteiger partial charge in [-0.25, -0.2) is 0 Å². The molecule has 2 heterocycles. The van der Waals surface area contributed by atoms with Crippen molar-refractivity contribution in [3.05, 3.63) is 65.4 Å². The molecule has 3 amide bonds. The Morgan fingerprint density at radius 1 is 1.08 bits per heavy atom. The van der Waals surface area contributed by atoms with Gasteiger partial charge in [-0.05, 0) is 53.5 Å². The molecule has 0 saturated carbocycles. The number of nitrogens with zero attached hydrogens (tertiary/aromatic N) is 4. The van der Waals surface area contributed by atoms with E-state index in [0.717, 1.165) is 36.6 Å². The Hall–Kier alpha value is -3.68. The Kier molecular flexibility index (Phi) is 6.99. The van der Waals surface area contributed by atoms with E-state index in [1.165, 1.54) is 16.0 Å². The molecule has 0 spiro atoms. The molecule has 200 valence electrons. The van der Waals surface area contributed by atoms with E-state index in [-0.39, 0.29) is 29.6 Å². The minimum absolute atomic E-state index is 0.0510. The molecule has 1 N–H and O–H groups in total. The highest BCUT2D eigenvalue weighted by Gasteiger charge is 2.51. The van der Waals surface area contributed by atoms with E-state index < -0.39 is 18.1 Å². The Morgan fingerprint density at radius 2 is 1.74 bits per heavy atom. The fraction of sp³-hybridized carbons (Fsp3) is 0.467. The number of carbonyl (C=O) groups is 3. The van der Waals surface area contributed by atoms with Crippen molar-refractivity contribution in [2.45, 2.75) is 57.7 Å². The van der Waals surface area contributed by atoms with E-state index in [2.05, 4.69) is 22.5 Å². The van der Waals surface area contributed by atoms with Crippen molar-refractivity contribution >= 4 is 28.6 Å². The first-order valence-corrected chi connectivity index (χ1v) is 13.6. The zero-order valence-corrected chi connectivity index (χ0v) is 22.8. The lowest BCUT2D eigenvalue weighted by Crippen LogP contribution is -2.68. The number of nitrogens with one attached hydrogen (secondary N) is 1. The van der Waals surface area contributed by atoms with E-state index in [4.69, 9.17) is 0 Å². The number of piperazine rings is 1. The van der Waals surface area contributed by atoms with E-state index in [0.29, 0.717) is 5.56 Å². The molecule has 1 fully saturated rings. The van der Waals surface area contributed by atoms with Gasteiger partial charge in [-0.1, -0.05) is 57.0 Å². The molecule has 5 rings (SSSR count). The van der Waals surface area contributed by atoms with Crippen LogP contribution in [0.4, 0.5) is 0 Å². The van der Waals surface area contributed by atoms with Gasteiger partial charge in [0.25, 0.3) is 0 Å². The minimum atomic E-state index is -0.912. The van der Waals surface area contributed by atoms with Crippen LogP contribution in [-0.4, -0.2) is 63.5 Å². The number of carbonyl (C=O) groups excluding carboxylic acids is 3. The van der Waals surface area contributed by atoms with Gasteiger partial charge in [-0.2, -0.15) is 5.10 Å². The maximum atomic E-state index is 14.5. The quantitative estimate of drug-likeness (QED) is 0.523. The second-order valence-electron chi connectivity index (χ2n) is 10.9. The normalized spacial score (nSPS) is 20.6. The summed E-state index contributed by atoms with van der Waals surface area (Å²) in [6.07, 6.45) is 4.66. The molecule has 0 radical (unpaired) electrons. The fourth-order valence-corrected chi connectivity index (χ4v) is 6.36. The average molecular weight is 516 g/mol. The van der Waals surface area contributed by atoms with Crippen LogP contribution in [0.25, 0.3) is 10.9 Å². The predicted octanol–water partition coefficient (Wildman–Crippen LogP) is 3.25. The summed E-state index contributed by atoms with van der Waals surface area (Å²) >= 11 is 0. The molecule has 0 bridgehead atoms. The summed E-state index contributed by atoms with van der Waals surface area (Å²) in [5.41, 5.74) is 4.06. The van der Waals surface area contributed by atoms with Crippen LogP contribution in [0.5, 0.6) is 0 Å². The molecule has 8 heteroatoms. The first-order chi connectivity index (χ1) is 18.2. The van der Waals surface area contributed by atoms with Gasteiger partial charge in [0, 0.05) is 26.5 Å². The zero-order valence-electron chi connectivity index (χ0n) is 22.8. The van der Waals surface area contributed by atoms with Crippen molar-refractivity contribution < 1.29 is 14.4 Å². The molecule has 2 aromatic carbocycles. The summed E-state index contributed by atoms with van der Waals surface area (Å²) < 4.78 is 1.78. The van der Waals surface area contributed by atoms with Crippen LogP contribution in [0.1, 0.15) is 49.4 Å². The Labute approximate surface area is 224 Å². The topological polar surface area (TPSA) is 87.5 Å². The molecule has 1 aliphatic heterocycles. The molecular formula is C30H37N5O3. The van der Waals surface area contributed by atoms with Crippen LogP contribution in [0.15, 0.2) is 48.7 Å². The van der Waals surface area contributed by atoms with Crippen LogP contribution in [0.3, 0.4) is 0 Å². The molecule has 2 aliphatic rings. The molecule has 3 unspecified atom stereocenters. The van der Waals surface area contributed by atoms with Crippen molar-refractivity contribution in [1.29, 1.82) is 0 Å². The molecule has 1 aromatic heterocycles. The third-order valence-electron chi connectivity index (χ3n) is 8.47. The largest absolute Gasteiger partial charge is 0.347 e. The molecular weight excluding hydrogens is 478 g/mol. The summed E-state index contributed by atoms with van der Waals surface area (Å²) in [6, 6.07) is 11.6. The van der Waals surface area contributed by atoms with Crippen molar-refractivity contribution in [3.63, 3.8) is 0 Å². The van der Waals surface area contributed by atoms with Crippen LogP contribution in [0.2, 0.25) is 0 Å². The third-order valence-corrected chi connectivity index (χ3v) is 8.47. The number of likely N-dealkylation sites (N-methyl/N-ethyl adjacent to an activating group) is 1. The number of hydrogen-bond acceptors (Lipinski definition) is 4. The lowest BCUT2D eigenvalue weighted by atomic mass is 9.84. The first kappa shape index (κ1) is 25.9. The smallest absolute Gasteiger partial charge is 0.249 e. The van der Waals surface area contributed by atoms with Crippen molar-refractivity contribution in [2.75, 3.05) is 14.1 Å². The number of fused-ring (bicyclic) bond motifs is 2. The summed E-state index contributed by atoms with van der Waals surface area (Å²) in [5.74, 6) is -0.685.